The van der Waals surface area contributed by atoms with Crippen molar-refractivity contribution in [1.82, 2.24) is 4.98 Å². The van der Waals surface area contributed by atoms with E-state index in [-0.39, 0.29) is 17.6 Å². The van der Waals surface area contributed by atoms with Crippen LogP contribution in [0, 0.1) is 12.8 Å². The molecule has 1 amide bonds. The molecule has 1 saturated carbocycles. The Hall–Kier alpha value is -3.01. The Morgan fingerprint density at radius 3 is 2.55 bits per heavy atom. The summed E-state index contributed by atoms with van der Waals surface area (Å²) in [6.07, 6.45) is 11.7. The minimum atomic E-state index is 0.0350. The lowest BCUT2D eigenvalue weighted by Crippen LogP contribution is -2.14. The summed E-state index contributed by atoms with van der Waals surface area (Å²) >= 11 is 0. The summed E-state index contributed by atoms with van der Waals surface area (Å²) in [5.41, 5.74) is 5.31. The Kier molecular flexibility index (Phi) is 7.66. The van der Waals surface area contributed by atoms with Gasteiger partial charge in [-0.15, -0.1) is 0 Å². The molecule has 1 heterocycles. The number of rotatable bonds is 9. The smallest absolute Gasteiger partial charge is 0.228 e. The zero-order valence-electron chi connectivity index (χ0n) is 17.8. The van der Waals surface area contributed by atoms with Crippen molar-refractivity contribution in [3.05, 3.63) is 77.1 Å². The molecule has 1 fully saturated rings. The molecule has 1 aliphatic carbocycles. The molecule has 152 valence electrons. The number of hydrogen-bond acceptors (Lipinski definition) is 3. The van der Waals surface area contributed by atoms with Crippen molar-refractivity contribution in [2.75, 3.05) is 5.32 Å². The highest BCUT2D eigenvalue weighted by molar-refractivity contribution is 5.97. The van der Waals surface area contributed by atoms with Gasteiger partial charge in [0.05, 0.1) is 0 Å². The van der Waals surface area contributed by atoms with Crippen molar-refractivity contribution >= 4 is 23.6 Å². The summed E-state index contributed by atoms with van der Waals surface area (Å²) in [5.74, 6) is 0.803. The lowest BCUT2D eigenvalue weighted by atomic mass is 9.94. The fraction of sp³-hybridized carbons (Fsp3) is 0.320. The molecular weight excluding hydrogens is 360 g/mol. The maximum atomic E-state index is 11.9. The van der Waals surface area contributed by atoms with E-state index in [1.807, 2.05) is 52.0 Å². The van der Waals surface area contributed by atoms with E-state index in [2.05, 4.69) is 23.5 Å². The van der Waals surface area contributed by atoms with E-state index in [1.54, 1.807) is 12.3 Å². The molecule has 2 rings (SSSR count). The van der Waals surface area contributed by atoms with E-state index in [0.717, 1.165) is 40.7 Å². The summed E-state index contributed by atoms with van der Waals surface area (Å²) in [6.45, 7) is 15.6. The molecule has 0 radical (unpaired) electrons. The van der Waals surface area contributed by atoms with E-state index >= 15 is 0 Å². The topological polar surface area (TPSA) is 59.1 Å². The Labute approximate surface area is 173 Å². The number of hydrogen-bond donors (Lipinski definition) is 1. The average Bonchev–Trinajstić information content (AvgIpc) is 3.54. The predicted molar refractivity (Wildman–Crippen MR) is 120 cm³/mol. The van der Waals surface area contributed by atoms with Crippen LogP contribution in [0.15, 0.2) is 65.9 Å². The van der Waals surface area contributed by atoms with Crippen molar-refractivity contribution < 1.29 is 9.59 Å². The molecule has 4 heteroatoms. The van der Waals surface area contributed by atoms with Crippen LogP contribution < -0.4 is 5.32 Å². The number of aromatic nitrogens is 1. The Bertz CT molecular complexity index is 928. The van der Waals surface area contributed by atoms with E-state index in [9.17, 15) is 9.59 Å². The van der Waals surface area contributed by atoms with Crippen molar-refractivity contribution in [1.29, 1.82) is 0 Å². The largest absolute Gasteiger partial charge is 0.310 e. The normalized spacial score (nSPS) is 15.1. The zero-order chi connectivity index (χ0) is 21.6. The number of nitrogens with zero attached hydrogens (tertiary/aromatic N) is 1. The number of ketones is 1. The van der Waals surface area contributed by atoms with Crippen LogP contribution in [0.5, 0.6) is 0 Å². The second-order valence-corrected chi connectivity index (χ2v) is 7.33. The van der Waals surface area contributed by atoms with Crippen molar-refractivity contribution in [2.45, 2.75) is 47.0 Å². The fourth-order valence-electron chi connectivity index (χ4n) is 3.04. The maximum Gasteiger partial charge on any atom is 0.228 e. The van der Waals surface area contributed by atoms with Crippen LogP contribution >= 0.6 is 0 Å². The van der Waals surface area contributed by atoms with Crippen molar-refractivity contribution in [3.8, 4) is 0 Å². The van der Waals surface area contributed by atoms with Crippen LogP contribution in [-0.2, 0) is 9.59 Å². The van der Waals surface area contributed by atoms with Gasteiger partial charge in [0.25, 0.3) is 0 Å². The first-order chi connectivity index (χ1) is 13.8. The summed E-state index contributed by atoms with van der Waals surface area (Å²) in [6, 6.07) is 1.88. The van der Waals surface area contributed by atoms with E-state index in [1.165, 1.54) is 0 Å². The molecule has 1 N–H and O–H groups in total. The molecule has 0 bridgehead atoms. The number of allylic oxidation sites excluding steroid dienone is 7. The van der Waals surface area contributed by atoms with E-state index < -0.39 is 0 Å². The second-order valence-electron chi connectivity index (χ2n) is 7.33. The third-order valence-electron chi connectivity index (χ3n) is 4.98. The van der Waals surface area contributed by atoms with Gasteiger partial charge in [-0.25, -0.2) is 4.98 Å². The summed E-state index contributed by atoms with van der Waals surface area (Å²) in [7, 11) is 0. The Morgan fingerprint density at radius 2 is 2.03 bits per heavy atom. The van der Waals surface area contributed by atoms with Crippen molar-refractivity contribution in [2.24, 2.45) is 5.92 Å². The molecule has 0 unspecified atom stereocenters. The second kappa shape index (κ2) is 9.97. The lowest BCUT2D eigenvalue weighted by Gasteiger charge is -2.12. The monoisotopic (exact) mass is 390 g/mol. The number of carbonyl (C=O) groups is 2. The molecule has 0 aliphatic heterocycles. The molecule has 29 heavy (non-hydrogen) atoms. The standard InChI is InChI=1S/C25H30N2O2/c1-7-19(22(8-2)17(5)12-18(6)23(28)9-3)14-21-15-26-24(13-16(21)4)27-25(29)20-10-11-20/h7-8,12-15,20H,1,6,9-11H2,2-5H3,(H,26,27,29)/b17-12-,19-14+,22-8+. The first kappa shape index (κ1) is 22.3. The molecule has 1 aromatic rings. The third kappa shape index (κ3) is 5.98. The number of Topliss-reactive ketones (excluding diaryl/α,β-unsaturated/α-hetero) is 1. The van der Waals surface area contributed by atoms with Gasteiger partial charge >= 0.3 is 0 Å². The fourth-order valence-corrected chi connectivity index (χ4v) is 3.04. The molecule has 0 saturated heterocycles. The van der Waals surface area contributed by atoms with Gasteiger partial charge in [-0.1, -0.05) is 32.2 Å². The maximum absolute atomic E-state index is 11.9. The van der Waals surface area contributed by atoms with Gasteiger partial charge in [-0.05, 0) is 79.7 Å². The molecule has 1 aromatic heterocycles. The first-order valence-electron chi connectivity index (χ1n) is 9.99. The van der Waals surface area contributed by atoms with Gasteiger partial charge in [-0.3, -0.25) is 9.59 Å². The van der Waals surface area contributed by atoms with Crippen LogP contribution in [0.4, 0.5) is 5.82 Å². The highest BCUT2D eigenvalue weighted by Crippen LogP contribution is 2.30. The van der Waals surface area contributed by atoms with Gasteiger partial charge in [0.1, 0.15) is 5.82 Å². The molecule has 0 spiro atoms. The lowest BCUT2D eigenvalue weighted by molar-refractivity contribution is -0.117. The number of anilines is 1. The average molecular weight is 391 g/mol. The highest BCUT2D eigenvalue weighted by atomic mass is 16.2. The van der Waals surface area contributed by atoms with Gasteiger partial charge in [0.2, 0.25) is 5.91 Å². The van der Waals surface area contributed by atoms with Gasteiger partial charge < -0.3 is 5.32 Å². The van der Waals surface area contributed by atoms with Crippen LogP contribution in [0.2, 0.25) is 0 Å². The van der Waals surface area contributed by atoms with Gasteiger partial charge in [-0.2, -0.15) is 0 Å². The number of nitrogens with one attached hydrogen (secondary N) is 1. The van der Waals surface area contributed by atoms with Gasteiger partial charge in [0.15, 0.2) is 5.78 Å². The van der Waals surface area contributed by atoms with Crippen LogP contribution in [0.25, 0.3) is 6.08 Å². The minimum Gasteiger partial charge on any atom is -0.310 e. The van der Waals surface area contributed by atoms with Gasteiger partial charge in [0, 0.05) is 24.1 Å². The molecule has 4 nitrogen and oxygen atoms in total. The summed E-state index contributed by atoms with van der Waals surface area (Å²) in [4.78, 5) is 28.2. The molecule has 0 atom stereocenters. The Morgan fingerprint density at radius 1 is 1.34 bits per heavy atom. The van der Waals surface area contributed by atoms with Crippen LogP contribution in [0.3, 0.4) is 0 Å². The SMILES string of the molecule is C=CC(=C\c1cnc(NC(=O)C2CC2)cc1C)/C(=C/C)C(/C)=C\C(=C)C(=O)CC. The van der Waals surface area contributed by atoms with E-state index in [4.69, 9.17) is 0 Å². The quantitative estimate of drug-likeness (QED) is 0.432. The highest BCUT2D eigenvalue weighted by Gasteiger charge is 2.29. The molecule has 0 aromatic carbocycles. The zero-order valence-corrected chi connectivity index (χ0v) is 17.8. The number of pyridine rings is 1. The number of carbonyl (C=O) groups excluding carboxylic acids is 2. The van der Waals surface area contributed by atoms with Crippen LogP contribution in [-0.4, -0.2) is 16.7 Å². The Balaban J connectivity index is 2.27. The summed E-state index contributed by atoms with van der Waals surface area (Å²) in [5, 5.41) is 2.88. The molecule has 1 aliphatic rings. The minimum absolute atomic E-state index is 0.0350. The predicted octanol–water partition coefficient (Wildman–Crippen LogP) is 5.74. The third-order valence-corrected chi connectivity index (χ3v) is 4.98. The molecular formula is C25H30N2O2. The number of amides is 1. The van der Waals surface area contributed by atoms with Crippen molar-refractivity contribution in [3.63, 3.8) is 0 Å². The number of aryl methyl sites for hydroxylation is 1. The first-order valence-corrected chi connectivity index (χ1v) is 9.99. The summed E-state index contributed by atoms with van der Waals surface area (Å²) < 4.78 is 0. The van der Waals surface area contributed by atoms with Crippen LogP contribution in [0.1, 0.15) is 51.2 Å². The van der Waals surface area contributed by atoms with E-state index in [0.29, 0.717) is 17.8 Å².